The molecule has 1 heterocycles. The van der Waals surface area contributed by atoms with Crippen LogP contribution < -0.4 is 10.1 Å². The number of amides is 1. The molecule has 1 aromatic heterocycles. The second-order valence-electron chi connectivity index (χ2n) is 3.37. The molecular formula is C11H13BrN2O4. The van der Waals surface area contributed by atoms with Gasteiger partial charge in [0.1, 0.15) is 6.54 Å². The van der Waals surface area contributed by atoms with Gasteiger partial charge >= 0.3 is 5.97 Å². The van der Waals surface area contributed by atoms with Crippen molar-refractivity contribution >= 4 is 27.8 Å². The van der Waals surface area contributed by atoms with Crippen molar-refractivity contribution in [2.24, 2.45) is 0 Å². The highest BCUT2D eigenvalue weighted by atomic mass is 79.9. The maximum Gasteiger partial charge on any atom is 0.325 e. The first kappa shape index (κ1) is 14.4. The molecule has 1 N–H and O–H groups in total. The number of carbonyl (C=O) groups is 2. The quantitative estimate of drug-likeness (QED) is 0.841. The summed E-state index contributed by atoms with van der Waals surface area (Å²) in [6.45, 7) is 1.58. The zero-order valence-corrected chi connectivity index (χ0v) is 11.8. The van der Waals surface area contributed by atoms with Crippen LogP contribution in [0.4, 0.5) is 0 Å². The van der Waals surface area contributed by atoms with E-state index in [-0.39, 0.29) is 12.2 Å². The lowest BCUT2D eigenvalue weighted by atomic mass is 10.2. The van der Waals surface area contributed by atoms with Gasteiger partial charge in [0, 0.05) is 16.2 Å². The molecule has 1 amide bonds. The Labute approximate surface area is 113 Å². The zero-order valence-electron chi connectivity index (χ0n) is 10.2. The molecule has 7 heteroatoms. The van der Waals surface area contributed by atoms with E-state index in [1.54, 1.807) is 6.92 Å². The van der Waals surface area contributed by atoms with Gasteiger partial charge in [0.2, 0.25) is 0 Å². The van der Waals surface area contributed by atoms with Crippen LogP contribution in [0, 0.1) is 6.92 Å². The molecule has 0 bridgehead atoms. The van der Waals surface area contributed by atoms with E-state index < -0.39 is 11.9 Å². The van der Waals surface area contributed by atoms with Crippen molar-refractivity contribution in [2.45, 2.75) is 6.92 Å². The normalized spacial score (nSPS) is 9.78. The molecule has 1 rings (SSSR count). The van der Waals surface area contributed by atoms with Gasteiger partial charge in [-0.1, -0.05) is 0 Å². The molecule has 0 atom stereocenters. The zero-order chi connectivity index (χ0) is 13.7. The molecule has 98 valence electrons. The lowest BCUT2D eigenvalue weighted by Crippen LogP contribution is -2.31. The minimum Gasteiger partial charge on any atom is -0.494 e. The number of rotatable bonds is 4. The summed E-state index contributed by atoms with van der Waals surface area (Å²) < 4.78 is 10.3. The van der Waals surface area contributed by atoms with Crippen LogP contribution in [-0.2, 0) is 9.53 Å². The Morgan fingerprint density at radius 3 is 2.67 bits per heavy atom. The Balaban J connectivity index is 2.92. The molecule has 0 saturated heterocycles. The summed E-state index contributed by atoms with van der Waals surface area (Å²) >= 11 is 3.30. The van der Waals surface area contributed by atoms with Gasteiger partial charge in [-0.05, 0) is 22.9 Å². The fraction of sp³-hybridized carbons (Fsp3) is 0.364. The molecule has 0 aromatic carbocycles. The standard InChI is InChI=1S/C11H13BrN2O4/c1-6-7(12)4-13-9(10(6)18-3)11(16)14-5-8(15)17-2/h4H,5H2,1-3H3,(H,14,16). The Morgan fingerprint density at radius 1 is 1.44 bits per heavy atom. The van der Waals surface area contributed by atoms with Crippen LogP contribution in [0.3, 0.4) is 0 Å². The largest absolute Gasteiger partial charge is 0.494 e. The monoisotopic (exact) mass is 316 g/mol. The number of hydrogen-bond acceptors (Lipinski definition) is 5. The van der Waals surface area contributed by atoms with Crippen molar-refractivity contribution in [1.82, 2.24) is 10.3 Å². The summed E-state index contributed by atoms with van der Waals surface area (Å²) in [5, 5.41) is 2.40. The van der Waals surface area contributed by atoms with Crippen molar-refractivity contribution in [3.63, 3.8) is 0 Å². The summed E-state index contributed by atoms with van der Waals surface area (Å²) in [4.78, 5) is 26.7. The van der Waals surface area contributed by atoms with Crippen molar-refractivity contribution in [1.29, 1.82) is 0 Å². The Kier molecular flexibility index (Phi) is 5.08. The number of halogens is 1. The van der Waals surface area contributed by atoms with Gasteiger partial charge < -0.3 is 14.8 Å². The Morgan fingerprint density at radius 2 is 2.11 bits per heavy atom. The van der Waals surface area contributed by atoms with Crippen molar-refractivity contribution in [3.05, 3.63) is 21.9 Å². The van der Waals surface area contributed by atoms with Gasteiger partial charge in [0.25, 0.3) is 5.91 Å². The number of nitrogens with zero attached hydrogens (tertiary/aromatic N) is 1. The van der Waals surface area contributed by atoms with Gasteiger partial charge in [-0.3, -0.25) is 9.59 Å². The van der Waals surface area contributed by atoms with Crippen LogP contribution in [0.5, 0.6) is 5.75 Å². The van der Waals surface area contributed by atoms with Gasteiger partial charge in [-0.2, -0.15) is 0 Å². The highest BCUT2D eigenvalue weighted by Gasteiger charge is 2.18. The molecule has 6 nitrogen and oxygen atoms in total. The highest BCUT2D eigenvalue weighted by molar-refractivity contribution is 9.10. The first-order valence-electron chi connectivity index (χ1n) is 5.05. The van der Waals surface area contributed by atoms with Crippen LogP contribution in [-0.4, -0.2) is 37.6 Å². The first-order valence-corrected chi connectivity index (χ1v) is 5.84. The van der Waals surface area contributed by atoms with Crippen LogP contribution in [0.25, 0.3) is 0 Å². The SMILES string of the molecule is COC(=O)CNC(=O)c1ncc(Br)c(C)c1OC. The molecule has 0 aliphatic heterocycles. The number of esters is 1. The van der Waals surface area contributed by atoms with E-state index in [1.807, 2.05) is 0 Å². The number of ether oxygens (including phenoxy) is 2. The van der Waals surface area contributed by atoms with Gasteiger partial charge in [0.05, 0.1) is 14.2 Å². The van der Waals surface area contributed by atoms with E-state index in [4.69, 9.17) is 4.74 Å². The maximum absolute atomic E-state index is 11.8. The summed E-state index contributed by atoms with van der Waals surface area (Å²) in [7, 11) is 2.70. The third kappa shape index (κ3) is 3.19. The second-order valence-corrected chi connectivity index (χ2v) is 4.23. The van der Waals surface area contributed by atoms with Crippen molar-refractivity contribution in [2.75, 3.05) is 20.8 Å². The lowest BCUT2D eigenvalue weighted by molar-refractivity contribution is -0.139. The molecule has 0 spiro atoms. The molecule has 0 unspecified atom stereocenters. The van der Waals surface area contributed by atoms with E-state index in [9.17, 15) is 9.59 Å². The van der Waals surface area contributed by atoms with Gasteiger partial charge in [-0.15, -0.1) is 0 Å². The van der Waals surface area contributed by atoms with Crippen molar-refractivity contribution < 1.29 is 19.1 Å². The van der Waals surface area contributed by atoms with E-state index in [0.717, 1.165) is 10.0 Å². The van der Waals surface area contributed by atoms with E-state index in [1.165, 1.54) is 20.4 Å². The third-order valence-electron chi connectivity index (χ3n) is 2.26. The fourth-order valence-corrected chi connectivity index (χ4v) is 1.57. The molecule has 0 radical (unpaired) electrons. The molecule has 0 saturated carbocycles. The number of hydrogen-bond donors (Lipinski definition) is 1. The summed E-state index contributed by atoms with van der Waals surface area (Å²) in [6.07, 6.45) is 1.50. The number of pyridine rings is 1. The average molecular weight is 317 g/mol. The van der Waals surface area contributed by atoms with E-state index in [2.05, 4.69) is 31.0 Å². The number of methoxy groups -OCH3 is 2. The first-order chi connectivity index (χ1) is 8.51. The average Bonchev–Trinajstić information content (AvgIpc) is 2.38. The van der Waals surface area contributed by atoms with Gasteiger partial charge in [-0.25, -0.2) is 4.98 Å². The number of nitrogens with one attached hydrogen (secondary N) is 1. The molecule has 0 fully saturated rings. The summed E-state index contributed by atoms with van der Waals surface area (Å²) in [5.41, 5.74) is 0.887. The highest BCUT2D eigenvalue weighted by Crippen LogP contribution is 2.27. The Hall–Kier alpha value is -1.63. The molecule has 0 aliphatic carbocycles. The van der Waals surface area contributed by atoms with Crippen LogP contribution in [0.15, 0.2) is 10.7 Å². The minimum absolute atomic E-state index is 0.127. The van der Waals surface area contributed by atoms with Crippen LogP contribution >= 0.6 is 15.9 Å². The smallest absolute Gasteiger partial charge is 0.325 e. The summed E-state index contributed by atoms with van der Waals surface area (Å²) in [6, 6.07) is 0. The molecular weight excluding hydrogens is 304 g/mol. The predicted molar refractivity (Wildman–Crippen MR) is 67.6 cm³/mol. The summed E-state index contributed by atoms with van der Waals surface area (Å²) in [5.74, 6) is -0.657. The van der Waals surface area contributed by atoms with Crippen molar-refractivity contribution in [3.8, 4) is 5.75 Å². The lowest BCUT2D eigenvalue weighted by Gasteiger charge is -2.11. The Bertz CT molecular complexity index is 476. The fourth-order valence-electron chi connectivity index (χ4n) is 1.28. The molecule has 18 heavy (non-hydrogen) atoms. The maximum atomic E-state index is 11.8. The second kappa shape index (κ2) is 6.34. The third-order valence-corrected chi connectivity index (χ3v) is 3.06. The van der Waals surface area contributed by atoms with Crippen LogP contribution in [0.1, 0.15) is 16.1 Å². The number of aromatic nitrogens is 1. The van der Waals surface area contributed by atoms with E-state index in [0.29, 0.717) is 5.75 Å². The topological polar surface area (TPSA) is 77.5 Å². The van der Waals surface area contributed by atoms with E-state index >= 15 is 0 Å². The minimum atomic E-state index is -0.531. The number of carbonyl (C=O) groups excluding carboxylic acids is 2. The molecule has 1 aromatic rings. The predicted octanol–water partition coefficient (Wildman–Crippen LogP) is 1.06. The molecule has 0 aliphatic rings. The van der Waals surface area contributed by atoms with Crippen LogP contribution in [0.2, 0.25) is 0 Å². The van der Waals surface area contributed by atoms with Gasteiger partial charge in [0.15, 0.2) is 11.4 Å².